The lowest BCUT2D eigenvalue weighted by molar-refractivity contribution is 0.931. The molecule has 15 heavy (non-hydrogen) atoms. The fourth-order valence-corrected chi connectivity index (χ4v) is 4.05. The highest BCUT2D eigenvalue weighted by Gasteiger charge is 2.29. The van der Waals surface area contributed by atoms with Gasteiger partial charge in [-0.2, -0.15) is 0 Å². The molecule has 1 nitrogen and oxygen atoms in total. The zero-order valence-corrected chi connectivity index (χ0v) is 11.7. The molecule has 1 aromatic carbocycles. The van der Waals surface area contributed by atoms with Gasteiger partial charge in [0.25, 0.3) is 0 Å². The molecular weight excluding hydrogens is 222 g/mol. The van der Waals surface area contributed by atoms with Crippen LogP contribution in [0.1, 0.15) is 19.4 Å². The Hall–Kier alpha value is -0.313. The summed E-state index contributed by atoms with van der Waals surface area (Å²) in [5.74, 6) is 0. The van der Waals surface area contributed by atoms with Gasteiger partial charge >= 0.3 is 0 Å². The van der Waals surface area contributed by atoms with Gasteiger partial charge in [-0.15, -0.1) is 12.4 Å². The molecule has 0 aliphatic carbocycles. The summed E-state index contributed by atoms with van der Waals surface area (Å²) in [6.45, 7) is 6.85. The minimum atomic E-state index is -1.26. The first-order chi connectivity index (χ1) is 6.58. The third kappa shape index (κ3) is 3.97. The molecule has 0 aromatic heterocycles. The lowest BCUT2D eigenvalue weighted by atomic mass is 10.2. The molecule has 0 bridgehead atoms. The highest BCUT2D eigenvalue weighted by atomic mass is 35.5. The van der Waals surface area contributed by atoms with Crippen molar-refractivity contribution in [3.05, 3.63) is 35.9 Å². The smallest absolute Gasteiger partial charge is 0.0729 e. The number of hydrogen-bond donors (Lipinski definition) is 1. The summed E-state index contributed by atoms with van der Waals surface area (Å²) in [4.78, 5) is 0. The summed E-state index contributed by atoms with van der Waals surface area (Å²) < 4.78 is 0. The predicted octanol–water partition coefficient (Wildman–Crippen LogP) is 3.18. The Bertz CT molecular complexity index is 276. The van der Waals surface area contributed by atoms with Crippen molar-refractivity contribution in [1.29, 1.82) is 0 Å². The molecule has 1 rings (SSSR count). The topological polar surface area (TPSA) is 26.0 Å². The van der Waals surface area contributed by atoms with Crippen molar-refractivity contribution in [3.63, 3.8) is 0 Å². The Kier molecular flexibility index (Phi) is 6.18. The van der Waals surface area contributed by atoms with E-state index in [1.807, 2.05) is 0 Å². The fourth-order valence-electron chi connectivity index (χ4n) is 1.67. The molecular formula is C12H22ClNSi. The second-order valence-electron chi connectivity index (χ2n) is 4.46. The van der Waals surface area contributed by atoms with Gasteiger partial charge in [-0.3, -0.25) is 0 Å². The van der Waals surface area contributed by atoms with Crippen LogP contribution in [0.4, 0.5) is 0 Å². The monoisotopic (exact) mass is 243 g/mol. The van der Waals surface area contributed by atoms with Crippen LogP contribution < -0.4 is 5.73 Å². The zero-order chi connectivity index (χ0) is 10.6. The molecule has 0 aliphatic heterocycles. The highest BCUT2D eigenvalue weighted by Crippen LogP contribution is 2.18. The van der Waals surface area contributed by atoms with E-state index in [0.717, 1.165) is 0 Å². The Morgan fingerprint density at radius 1 is 1.27 bits per heavy atom. The number of benzene rings is 1. The average Bonchev–Trinajstić information content (AvgIpc) is 2.19. The molecule has 0 radical (unpaired) electrons. The molecule has 0 saturated heterocycles. The quantitative estimate of drug-likeness (QED) is 0.808. The maximum atomic E-state index is 6.09. The molecule has 2 unspecified atom stereocenters. The molecule has 0 aliphatic rings. The number of halogens is 1. The minimum Gasteiger partial charge on any atom is -0.330 e. The van der Waals surface area contributed by atoms with Crippen molar-refractivity contribution in [3.8, 4) is 0 Å². The summed E-state index contributed by atoms with van der Waals surface area (Å²) in [7, 11) is -1.26. The Labute approximate surface area is 100 Å². The second kappa shape index (κ2) is 6.31. The molecule has 2 atom stereocenters. The first-order valence-corrected chi connectivity index (χ1v) is 8.37. The standard InChI is InChI=1S/C12H21NSi.ClH/c1-4-14(3,11(2)13)10-12-8-6-5-7-9-12;/h5-9,11H,4,10,13H2,1-3H3;1H. The van der Waals surface area contributed by atoms with Crippen LogP contribution in [0.25, 0.3) is 0 Å². The van der Waals surface area contributed by atoms with Gasteiger partial charge in [0.2, 0.25) is 0 Å². The van der Waals surface area contributed by atoms with E-state index in [1.165, 1.54) is 17.7 Å². The van der Waals surface area contributed by atoms with Crippen LogP contribution in [0.2, 0.25) is 12.6 Å². The number of hydrogen-bond acceptors (Lipinski definition) is 1. The largest absolute Gasteiger partial charge is 0.330 e. The fraction of sp³-hybridized carbons (Fsp3) is 0.500. The molecule has 0 fully saturated rings. The summed E-state index contributed by atoms with van der Waals surface area (Å²) in [5, 5.41) is 0. The van der Waals surface area contributed by atoms with Crippen molar-refractivity contribution in [2.24, 2.45) is 5.73 Å². The lowest BCUT2D eigenvalue weighted by Crippen LogP contribution is -2.50. The van der Waals surface area contributed by atoms with Gasteiger partial charge in [0.15, 0.2) is 0 Å². The molecule has 86 valence electrons. The third-order valence-corrected chi connectivity index (χ3v) is 8.39. The van der Waals surface area contributed by atoms with E-state index < -0.39 is 8.07 Å². The first kappa shape index (κ1) is 14.7. The van der Waals surface area contributed by atoms with Crippen LogP contribution in [0.3, 0.4) is 0 Å². The second-order valence-corrected chi connectivity index (χ2v) is 9.74. The van der Waals surface area contributed by atoms with Crippen molar-refractivity contribution in [2.75, 3.05) is 0 Å². The van der Waals surface area contributed by atoms with E-state index in [-0.39, 0.29) is 12.4 Å². The number of rotatable bonds is 4. The Morgan fingerprint density at radius 2 is 1.80 bits per heavy atom. The van der Waals surface area contributed by atoms with E-state index in [1.54, 1.807) is 0 Å². The molecule has 0 spiro atoms. The van der Waals surface area contributed by atoms with Crippen molar-refractivity contribution in [1.82, 2.24) is 0 Å². The summed E-state index contributed by atoms with van der Waals surface area (Å²) >= 11 is 0. The van der Waals surface area contributed by atoms with Crippen molar-refractivity contribution >= 4 is 20.5 Å². The van der Waals surface area contributed by atoms with Gasteiger partial charge in [0.05, 0.1) is 8.07 Å². The minimum absolute atomic E-state index is 0. The molecule has 1 aromatic rings. The molecule has 0 saturated carbocycles. The Balaban J connectivity index is 0.00000196. The van der Waals surface area contributed by atoms with Crippen molar-refractivity contribution < 1.29 is 0 Å². The first-order valence-electron chi connectivity index (χ1n) is 5.38. The molecule has 3 heteroatoms. The van der Waals surface area contributed by atoms with E-state index in [9.17, 15) is 0 Å². The highest BCUT2D eigenvalue weighted by molar-refractivity contribution is 6.79. The van der Waals surface area contributed by atoms with Crippen LogP contribution in [0.15, 0.2) is 30.3 Å². The average molecular weight is 244 g/mol. The number of nitrogens with two attached hydrogens (primary N) is 1. The van der Waals surface area contributed by atoms with Gasteiger partial charge in [-0.25, -0.2) is 0 Å². The normalized spacial score (nSPS) is 16.3. The molecule has 2 N–H and O–H groups in total. The van der Waals surface area contributed by atoms with Crippen LogP contribution in [-0.4, -0.2) is 13.7 Å². The van der Waals surface area contributed by atoms with Gasteiger partial charge in [0.1, 0.15) is 0 Å². The van der Waals surface area contributed by atoms with Crippen LogP contribution in [0, 0.1) is 0 Å². The summed E-state index contributed by atoms with van der Waals surface area (Å²) in [6, 6.07) is 13.2. The summed E-state index contributed by atoms with van der Waals surface area (Å²) in [5.41, 5.74) is 7.92. The third-order valence-electron chi connectivity index (χ3n) is 3.36. The molecule has 0 heterocycles. The lowest BCUT2D eigenvalue weighted by Gasteiger charge is -2.30. The van der Waals surface area contributed by atoms with E-state index in [2.05, 4.69) is 50.7 Å². The van der Waals surface area contributed by atoms with Gasteiger partial charge in [-0.05, 0) is 11.7 Å². The van der Waals surface area contributed by atoms with Crippen molar-refractivity contribution in [2.45, 2.75) is 38.1 Å². The van der Waals surface area contributed by atoms with Gasteiger partial charge in [0, 0.05) is 0 Å². The van der Waals surface area contributed by atoms with Crippen LogP contribution in [0.5, 0.6) is 0 Å². The SMILES string of the molecule is CC[Si](C)(Cc1ccccc1)C(C)N.Cl. The van der Waals surface area contributed by atoms with Gasteiger partial charge in [-0.1, -0.05) is 62.3 Å². The maximum Gasteiger partial charge on any atom is 0.0729 e. The van der Waals surface area contributed by atoms with Crippen LogP contribution in [-0.2, 0) is 6.04 Å². The molecule has 0 amide bonds. The van der Waals surface area contributed by atoms with E-state index >= 15 is 0 Å². The maximum absolute atomic E-state index is 6.09. The van der Waals surface area contributed by atoms with Gasteiger partial charge < -0.3 is 5.73 Å². The van der Waals surface area contributed by atoms with E-state index in [4.69, 9.17) is 5.73 Å². The van der Waals surface area contributed by atoms with Crippen LogP contribution >= 0.6 is 12.4 Å². The predicted molar refractivity (Wildman–Crippen MR) is 73.1 cm³/mol. The zero-order valence-electron chi connectivity index (χ0n) is 9.86. The Morgan fingerprint density at radius 3 is 2.20 bits per heavy atom. The summed E-state index contributed by atoms with van der Waals surface area (Å²) in [6.07, 6.45) is 0. The van der Waals surface area contributed by atoms with E-state index in [0.29, 0.717) is 5.67 Å².